The summed E-state index contributed by atoms with van der Waals surface area (Å²) in [4.78, 5) is 12.0. The first-order valence-electron chi connectivity index (χ1n) is 7.68. The van der Waals surface area contributed by atoms with Gasteiger partial charge in [-0.05, 0) is 33.6 Å². The highest BCUT2D eigenvalue weighted by atomic mass is 16.6. The SMILES string of the molecule is CC(C)=CCC/C(C)=C/CNC(=O)C1OC(O)C(O)C(O)C1O. The van der Waals surface area contributed by atoms with Gasteiger partial charge in [-0.25, -0.2) is 0 Å². The molecule has 1 saturated heterocycles. The van der Waals surface area contributed by atoms with Crippen molar-refractivity contribution in [2.45, 2.75) is 64.3 Å². The van der Waals surface area contributed by atoms with E-state index in [0.717, 1.165) is 18.4 Å². The fourth-order valence-corrected chi connectivity index (χ4v) is 2.19. The summed E-state index contributed by atoms with van der Waals surface area (Å²) in [5.74, 6) is -0.657. The van der Waals surface area contributed by atoms with E-state index in [4.69, 9.17) is 4.74 Å². The van der Waals surface area contributed by atoms with Crippen LogP contribution in [0.4, 0.5) is 0 Å². The van der Waals surface area contributed by atoms with E-state index < -0.39 is 36.6 Å². The van der Waals surface area contributed by atoms with Crippen LogP contribution in [0, 0.1) is 0 Å². The summed E-state index contributed by atoms with van der Waals surface area (Å²) < 4.78 is 4.85. The molecule has 0 aliphatic carbocycles. The molecule has 1 aliphatic rings. The van der Waals surface area contributed by atoms with Gasteiger partial charge in [0.1, 0.15) is 18.3 Å². The minimum Gasteiger partial charge on any atom is -0.387 e. The highest BCUT2D eigenvalue weighted by molar-refractivity contribution is 5.81. The van der Waals surface area contributed by atoms with Gasteiger partial charge in [0.25, 0.3) is 5.91 Å². The molecule has 5 atom stereocenters. The molecule has 0 aromatic heterocycles. The average molecular weight is 329 g/mol. The van der Waals surface area contributed by atoms with Crippen LogP contribution in [0.1, 0.15) is 33.6 Å². The van der Waals surface area contributed by atoms with Crippen molar-refractivity contribution < 1.29 is 30.0 Å². The summed E-state index contributed by atoms with van der Waals surface area (Å²) in [6, 6.07) is 0. The first kappa shape index (κ1) is 19.8. The van der Waals surface area contributed by atoms with Gasteiger partial charge in [-0.15, -0.1) is 0 Å². The van der Waals surface area contributed by atoms with Crippen molar-refractivity contribution in [2.75, 3.05) is 6.54 Å². The van der Waals surface area contributed by atoms with Crippen LogP contribution in [0.2, 0.25) is 0 Å². The van der Waals surface area contributed by atoms with Crippen LogP contribution in [0.25, 0.3) is 0 Å². The molecule has 1 aliphatic heterocycles. The zero-order valence-electron chi connectivity index (χ0n) is 13.8. The summed E-state index contributed by atoms with van der Waals surface area (Å²) >= 11 is 0. The van der Waals surface area contributed by atoms with Crippen LogP contribution in [0.5, 0.6) is 0 Å². The van der Waals surface area contributed by atoms with E-state index in [1.165, 1.54) is 5.57 Å². The van der Waals surface area contributed by atoms with Crippen molar-refractivity contribution >= 4 is 5.91 Å². The minimum atomic E-state index is -1.72. The number of hydrogen-bond acceptors (Lipinski definition) is 6. The third-order valence-electron chi connectivity index (χ3n) is 3.66. The average Bonchev–Trinajstić information content (AvgIpc) is 2.48. The second-order valence-electron chi connectivity index (χ2n) is 6.03. The van der Waals surface area contributed by atoms with Gasteiger partial charge in [-0.2, -0.15) is 0 Å². The standard InChI is InChI=1S/C16H27NO6/c1-9(2)5-4-6-10(3)7-8-17-15(21)14-12(19)11(18)13(20)16(22)23-14/h5,7,11-14,16,18-20,22H,4,6,8H2,1-3H3,(H,17,21)/b10-7+. The molecule has 7 nitrogen and oxygen atoms in total. The van der Waals surface area contributed by atoms with E-state index in [-0.39, 0.29) is 6.54 Å². The van der Waals surface area contributed by atoms with Crippen molar-refractivity contribution in [3.8, 4) is 0 Å². The third kappa shape index (κ3) is 6.04. The van der Waals surface area contributed by atoms with E-state index >= 15 is 0 Å². The summed E-state index contributed by atoms with van der Waals surface area (Å²) in [6.45, 7) is 6.28. The summed E-state index contributed by atoms with van der Waals surface area (Å²) in [5.41, 5.74) is 2.37. The maximum atomic E-state index is 12.0. The van der Waals surface area contributed by atoms with E-state index in [2.05, 4.69) is 11.4 Å². The van der Waals surface area contributed by atoms with Crippen molar-refractivity contribution in [3.05, 3.63) is 23.3 Å². The molecule has 0 bridgehead atoms. The van der Waals surface area contributed by atoms with E-state index in [1.54, 1.807) is 0 Å². The lowest BCUT2D eigenvalue weighted by atomic mass is 9.98. The monoisotopic (exact) mass is 329 g/mol. The van der Waals surface area contributed by atoms with Gasteiger partial charge in [0, 0.05) is 6.54 Å². The molecule has 0 radical (unpaired) electrons. The second kappa shape index (κ2) is 9.14. The number of carbonyl (C=O) groups is 1. The Morgan fingerprint density at radius 1 is 1.04 bits per heavy atom. The first-order chi connectivity index (χ1) is 10.7. The predicted molar refractivity (Wildman–Crippen MR) is 84.3 cm³/mol. The van der Waals surface area contributed by atoms with Crippen LogP contribution in [0.15, 0.2) is 23.3 Å². The Bertz CT molecular complexity index is 457. The Hall–Kier alpha value is -1.25. The number of carbonyl (C=O) groups excluding carboxylic acids is 1. The molecule has 1 heterocycles. The molecule has 23 heavy (non-hydrogen) atoms. The largest absolute Gasteiger partial charge is 0.387 e. The van der Waals surface area contributed by atoms with Crippen molar-refractivity contribution in [3.63, 3.8) is 0 Å². The number of aliphatic hydroxyl groups excluding tert-OH is 4. The lowest BCUT2D eigenvalue weighted by Crippen LogP contribution is -2.61. The molecule has 0 aromatic rings. The van der Waals surface area contributed by atoms with Crippen LogP contribution in [-0.4, -0.2) is 63.6 Å². The number of rotatable bonds is 6. The quantitative estimate of drug-likeness (QED) is 0.423. The molecule has 0 saturated carbocycles. The molecule has 5 N–H and O–H groups in total. The number of nitrogens with one attached hydrogen (secondary N) is 1. The summed E-state index contributed by atoms with van der Waals surface area (Å²) in [5, 5.41) is 40.6. The van der Waals surface area contributed by atoms with Gasteiger partial charge in [0.15, 0.2) is 12.4 Å². The molecular weight excluding hydrogens is 302 g/mol. The van der Waals surface area contributed by atoms with E-state index in [1.807, 2.05) is 26.8 Å². The zero-order valence-corrected chi connectivity index (χ0v) is 13.8. The molecule has 1 amide bonds. The minimum absolute atomic E-state index is 0.251. The maximum Gasteiger partial charge on any atom is 0.252 e. The normalized spacial score (nSPS) is 31.6. The Labute approximate surface area is 136 Å². The van der Waals surface area contributed by atoms with Crippen molar-refractivity contribution in [1.29, 1.82) is 0 Å². The number of allylic oxidation sites excluding steroid dienone is 3. The van der Waals surface area contributed by atoms with Gasteiger partial charge in [0.2, 0.25) is 0 Å². The Kier molecular flexibility index (Phi) is 7.87. The lowest BCUT2D eigenvalue weighted by Gasteiger charge is -2.37. The van der Waals surface area contributed by atoms with Gasteiger partial charge < -0.3 is 30.5 Å². The number of hydrogen-bond donors (Lipinski definition) is 5. The number of aliphatic hydroxyl groups is 4. The Morgan fingerprint density at radius 2 is 1.70 bits per heavy atom. The van der Waals surface area contributed by atoms with E-state index in [9.17, 15) is 25.2 Å². The van der Waals surface area contributed by atoms with E-state index in [0.29, 0.717) is 0 Å². The van der Waals surface area contributed by atoms with Crippen LogP contribution < -0.4 is 5.32 Å². The lowest BCUT2D eigenvalue weighted by molar-refractivity contribution is -0.275. The highest BCUT2D eigenvalue weighted by Crippen LogP contribution is 2.19. The molecule has 0 spiro atoms. The first-order valence-corrected chi connectivity index (χ1v) is 7.68. The van der Waals surface area contributed by atoms with Crippen LogP contribution in [0.3, 0.4) is 0 Å². The van der Waals surface area contributed by atoms with Crippen LogP contribution >= 0.6 is 0 Å². The van der Waals surface area contributed by atoms with Crippen molar-refractivity contribution in [2.24, 2.45) is 0 Å². The molecule has 1 rings (SSSR count). The summed E-state index contributed by atoms with van der Waals surface area (Å²) in [7, 11) is 0. The topological polar surface area (TPSA) is 119 Å². The summed E-state index contributed by atoms with van der Waals surface area (Å²) in [6.07, 6.45) is -2.23. The number of ether oxygens (including phenoxy) is 1. The fourth-order valence-electron chi connectivity index (χ4n) is 2.19. The highest BCUT2D eigenvalue weighted by Gasteiger charge is 2.45. The smallest absolute Gasteiger partial charge is 0.252 e. The molecule has 5 unspecified atom stereocenters. The van der Waals surface area contributed by atoms with Gasteiger partial charge in [-0.1, -0.05) is 23.3 Å². The third-order valence-corrected chi connectivity index (χ3v) is 3.66. The molecule has 132 valence electrons. The number of amides is 1. The molecule has 0 aromatic carbocycles. The molecule has 1 fully saturated rings. The van der Waals surface area contributed by atoms with Crippen LogP contribution in [-0.2, 0) is 9.53 Å². The van der Waals surface area contributed by atoms with Crippen molar-refractivity contribution in [1.82, 2.24) is 5.32 Å². The molecule has 7 heteroatoms. The fraction of sp³-hybridized carbons (Fsp3) is 0.688. The predicted octanol–water partition coefficient (Wildman–Crippen LogP) is -0.405. The zero-order chi connectivity index (χ0) is 17.6. The Balaban J connectivity index is 2.45. The van der Waals surface area contributed by atoms with Gasteiger partial charge in [-0.3, -0.25) is 4.79 Å². The Morgan fingerprint density at radius 3 is 2.30 bits per heavy atom. The molecular formula is C16H27NO6. The maximum absolute atomic E-state index is 12.0. The van der Waals surface area contributed by atoms with Gasteiger partial charge >= 0.3 is 0 Å². The van der Waals surface area contributed by atoms with Gasteiger partial charge in [0.05, 0.1) is 0 Å². The second-order valence-corrected chi connectivity index (χ2v) is 6.03.